The van der Waals surface area contributed by atoms with E-state index in [1.807, 2.05) is 5.32 Å². The normalized spacial score (nSPS) is 12.5. The molecule has 0 saturated heterocycles. The Morgan fingerprint density at radius 3 is 2.58 bits per heavy atom. The first kappa shape index (κ1) is 16.8. The Balaban J connectivity index is 2.42. The molecule has 0 unspecified atom stereocenters. The summed E-state index contributed by atoms with van der Waals surface area (Å²) in [6.45, 7) is 0. The zero-order chi connectivity index (χ0) is 19.2. The average molecular weight is 358 g/mol. The number of carbonyl (C=O) groups excluding carboxylic acids is 3. The fourth-order valence-corrected chi connectivity index (χ4v) is 2.71. The lowest BCUT2D eigenvalue weighted by molar-refractivity contribution is -0.385. The number of fused-ring (bicyclic) bond motifs is 1. The molecule has 0 saturated carbocycles. The van der Waals surface area contributed by atoms with Crippen LogP contribution in [0.25, 0.3) is 5.69 Å². The first-order chi connectivity index (χ1) is 12.3. The summed E-state index contributed by atoms with van der Waals surface area (Å²) >= 11 is 0. The number of amides is 2. The van der Waals surface area contributed by atoms with Gasteiger partial charge in [0.2, 0.25) is 0 Å². The number of nitrogens with zero attached hydrogens (tertiary/aromatic N) is 2. The first-order valence-electron chi connectivity index (χ1n) is 7.05. The van der Waals surface area contributed by atoms with Crippen LogP contribution in [0.5, 0.6) is 0 Å². The summed E-state index contributed by atoms with van der Waals surface area (Å²) in [5.74, 6) is -3.10. The van der Waals surface area contributed by atoms with Crippen LogP contribution in [0.2, 0.25) is 0 Å². The van der Waals surface area contributed by atoms with Gasteiger partial charge in [-0.2, -0.15) is 0 Å². The van der Waals surface area contributed by atoms with Gasteiger partial charge < -0.3 is 10.5 Å². The monoisotopic (exact) mass is 358 g/mol. The molecule has 0 aliphatic carbocycles. The predicted octanol–water partition coefficient (Wildman–Crippen LogP) is -0.00190. The zero-order valence-corrected chi connectivity index (χ0v) is 13.1. The van der Waals surface area contributed by atoms with Gasteiger partial charge in [0, 0.05) is 12.1 Å². The number of anilines is 1. The van der Waals surface area contributed by atoms with Gasteiger partial charge in [-0.25, -0.2) is 4.79 Å². The summed E-state index contributed by atoms with van der Waals surface area (Å²) in [5, 5.41) is 13.2. The van der Waals surface area contributed by atoms with Crippen molar-refractivity contribution in [3.63, 3.8) is 0 Å². The number of benzene rings is 1. The summed E-state index contributed by atoms with van der Waals surface area (Å²) in [7, 11) is 1.02. The number of nitro groups is 1. The number of nitrogens with one attached hydrogen (secondary N) is 1. The summed E-state index contributed by atoms with van der Waals surface area (Å²) in [6.07, 6.45) is 0. The van der Waals surface area contributed by atoms with E-state index in [2.05, 4.69) is 4.74 Å². The quantitative estimate of drug-likeness (QED) is 0.335. The number of aromatic nitrogens is 1. The second kappa shape index (κ2) is 5.81. The maximum Gasteiger partial charge on any atom is 0.347 e. The number of hydrogen-bond donors (Lipinski definition) is 2. The minimum absolute atomic E-state index is 0.209. The minimum Gasteiger partial charge on any atom is -0.465 e. The number of carbonyl (C=O) groups is 3. The molecule has 2 aromatic rings. The van der Waals surface area contributed by atoms with Crippen LogP contribution in [0, 0.1) is 10.1 Å². The highest BCUT2D eigenvalue weighted by Gasteiger charge is 2.34. The average Bonchev–Trinajstić information content (AvgIpc) is 2.87. The van der Waals surface area contributed by atoms with E-state index >= 15 is 0 Å². The van der Waals surface area contributed by atoms with Crippen molar-refractivity contribution in [3.8, 4) is 5.69 Å². The Bertz CT molecular complexity index is 1070. The molecule has 0 fully saturated rings. The maximum atomic E-state index is 12.5. The highest BCUT2D eigenvalue weighted by molar-refractivity contribution is 6.23. The van der Waals surface area contributed by atoms with E-state index in [4.69, 9.17) is 5.73 Å². The molecule has 2 amide bonds. The molecule has 132 valence electrons. The SMILES string of the molecule is COC(=O)c1c(-n2c(N)c3c(cc2=O)C(=O)NC3=O)cccc1[N+](=O)[O-]. The number of ether oxygens (including phenoxy) is 1. The Hall–Kier alpha value is -4.02. The summed E-state index contributed by atoms with van der Waals surface area (Å²) in [5.41, 5.74) is 3.20. The molecule has 11 heteroatoms. The molecule has 3 N–H and O–H groups in total. The van der Waals surface area contributed by atoms with Crippen LogP contribution in [-0.4, -0.2) is 34.4 Å². The molecule has 1 aromatic carbocycles. The molecule has 0 bridgehead atoms. The van der Waals surface area contributed by atoms with Crippen molar-refractivity contribution in [2.24, 2.45) is 0 Å². The van der Waals surface area contributed by atoms with Crippen molar-refractivity contribution in [3.05, 3.63) is 61.4 Å². The molecule has 0 spiro atoms. The molecule has 0 radical (unpaired) electrons. The van der Waals surface area contributed by atoms with E-state index in [0.717, 1.165) is 23.8 Å². The first-order valence-corrected chi connectivity index (χ1v) is 7.05. The van der Waals surface area contributed by atoms with E-state index in [1.54, 1.807) is 0 Å². The molecule has 11 nitrogen and oxygen atoms in total. The number of rotatable bonds is 3. The third kappa shape index (κ3) is 2.30. The van der Waals surface area contributed by atoms with Gasteiger partial charge >= 0.3 is 5.97 Å². The third-order valence-electron chi connectivity index (χ3n) is 3.80. The lowest BCUT2D eigenvalue weighted by Gasteiger charge is -2.14. The number of imide groups is 1. The fourth-order valence-electron chi connectivity index (χ4n) is 2.71. The Morgan fingerprint density at radius 2 is 1.96 bits per heavy atom. The van der Waals surface area contributed by atoms with Crippen LogP contribution < -0.4 is 16.6 Å². The highest BCUT2D eigenvalue weighted by Crippen LogP contribution is 2.29. The van der Waals surface area contributed by atoms with Gasteiger partial charge in [-0.1, -0.05) is 6.07 Å². The van der Waals surface area contributed by atoms with Crippen molar-refractivity contribution >= 4 is 29.3 Å². The zero-order valence-electron chi connectivity index (χ0n) is 13.1. The van der Waals surface area contributed by atoms with Crippen LogP contribution in [-0.2, 0) is 4.74 Å². The lowest BCUT2D eigenvalue weighted by Crippen LogP contribution is -2.26. The lowest BCUT2D eigenvalue weighted by atomic mass is 10.1. The second-order valence-electron chi connectivity index (χ2n) is 5.20. The van der Waals surface area contributed by atoms with Crippen LogP contribution >= 0.6 is 0 Å². The van der Waals surface area contributed by atoms with Crippen molar-refractivity contribution in [2.45, 2.75) is 0 Å². The Kier molecular flexibility index (Phi) is 3.76. The molecule has 1 aliphatic rings. The molecule has 1 aliphatic heterocycles. The van der Waals surface area contributed by atoms with E-state index < -0.39 is 45.3 Å². The summed E-state index contributed by atoms with van der Waals surface area (Å²) in [6, 6.07) is 4.40. The number of esters is 1. The molecule has 2 heterocycles. The van der Waals surface area contributed by atoms with Gasteiger partial charge in [0.1, 0.15) is 5.82 Å². The largest absolute Gasteiger partial charge is 0.465 e. The van der Waals surface area contributed by atoms with Crippen LogP contribution in [0.3, 0.4) is 0 Å². The van der Waals surface area contributed by atoms with Gasteiger partial charge in [0.25, 0.3) is 23.1 Å². The van der Waals surface area contributed by atoms with Gasteiger partial charge in [-0.3, -0.25) is 34.4 Å². The number of hydrogen-bond acceptors (Lipinski definition) is 8. The third-order valence-corrected chi connectivity index (χ3v) is 3.80. The molecule has 3 rings (SSSR count). The van der Waals surface area contributed by atoms with E-state index in [9.17, 15) is 29.3 Å². The van der Waals surface area contributed by atoms with Gasteiger partial charge in [0.05, 0.1) is 28.8 Å². The van der Waals surface area contributed by atoms with Gasteiger partial charge in [0.15, 0.2) is 5.56 Å². The second-order valence-corrected chi connectivity index (χ2v) is 5.20. The van der Waals surface area contributed by atoms with E-state index in [1.165, 1.54) is 12.1 Å². The number of nitro benzene ring substituents is 1. The number of pyridine rings is 1. The minimum atomic E-state index is -1.07. The van der Waals surface area contributed by atoms with Crippen LogP contribution in [0.1, 0.15) is 31.1 Å². The van der Waals surface area contributed by atoms with Gasteiger partial charge in [-0.15, -0.1) is 0 Å². The van der Waals surface area contributed by atoms with E-state index in [-0.39, 0.29) is 16.8 Å². The van der Waals surface area contributed by atoms with Crippen molar-refractivity contribution in [2.75, 3.05) is 12.8 Å². The van der Waals surface area contributed by atoms with Crippen molar-refractivity contribution in [1.29, 1.82) is 0 Å². The van der Waals surface area contributed by atoms with E-state index in [0.29, 0.717) is 0 Å². The van der Waals surface area contributed by atoms with Gasteiger partial charge in [-0.05, 0) is 6.07 Å². The Labute approximate surface area is 144 Å². The molecule has 26 heavy (non-hydrogen) atoms. The van der Waals surface area contributed by atoms with Crippen LogP contribution in [0.4, 0.5) is 11.5 Å². The number of nitrogen functional groups attached to an aromatic ring is 1. The predicted molar refractivity (Wildman–Crippen MR) is 86.2 cm³/mol. The summed E-state index contributed by atoms with van der Waals surface area (Å²) in [4.78, 5) is 58.6. The molecule has 0 atom stereocenters. The maximum absolute atomic E-state index is 12.5. The smallest absolute Gasteiger partial charge is 0.347 e. The summed E-state index contributed by atoms with van der Waals surface area (Å²) < 4.78 is 5.31. The van der Waals surface area contributed by atoms with Crippen molar-refractivity contribution in [1.82, 2.24) is 9.88 Å². The topological polar surface area (TPSA) is 164 Å². The van der Waals surface area contributed by atoms with Crippen molar-refractivity contribution < 1.29 is 24.0 Å². The standard InChI is InChI=1S/C15H10N4O7/c1-26-15(23)11-7(3-2-4-8(11)19(24)25)18-9(20)5-6-10(12(18)16)14(22)17-13(6)21/h2-5H,16H2,1H3,(H,17,21,22). The number of nitrogens with two attached hydrogens (primary N) is 1. The molecular formula is C15H10N4O7. The number of methoxy groups -OCH3 is 1. The van der Waals surface area contributed by atoms with Crippen LogP contribution in [0.15, 0.2) is 29.1 Å². The fraction of sp³-hybridized carbons (Fsp3) is 0.0667. The Morgan fingerprint density at radius 1 is 1.27 bits per heavy atom. The molecular weight excluding hydrogens is 348 g/mol. The molecule has 1 aromatic heterocycles. The highest BCUT2D eigenvalue weighted by atomic mass is 16.6.